The van der Waals surface area contributed by atoms with Crippen LogP contribution in [0.25, 0.3) is 16.7 Å². The quantitative estimate of drug-likeness (QED) is 0.743. The van der Waals surface area contributed by atoms with Crippen LogP contribution in [-0.2, 0) is 0 Å². The summed E-state index contributed by atoms with van der Waals surface area (Å²) in [7, 11) is 0. The first-order valence-electron chi connectivity index (χ1n) is 4.17. The first-order chi connectivity index (χ1) is 6.63. The van der Waals surface area contributed by atoms with Crippen LogP contribution >= 0.6 is 22.9 Å². The first-order valence-corrected chi connectivity index (χ1v) is 5.14. The third-order valence-corrected chi connectivity index (χ3v) is 3.01. The number of rotatable bonds is 1. The van der Waals surface area contributed by atoms with Gasteiger partial charge in [-0.25, -0.2) is 7.58 Å². The van der Waals surface area contributed by atoms with Crippen molar-refractivity contribution in [2.24, 2.45) is 0 Å². The number of hydrogen-bond donors (Lipinski definition) is 0. The van der Waals surface area contributed by atoms with Crippen LogP contribution in [-0.4, -0.2) is 7.35 Å². The minimum atomic E-state index is -0.0562. The standard InChI is InChI=1S/C10H9IN2O/c1-7(2)12-8-5-3-4-6-9(8)13(11)10(12)14/h3-6H,1H2,2H3. The smallest absolute Gasteiger partial charge is 0.265 e. The molecule has 0 aliphatic heterocycles. The zero-order valence-corrected chi connectivity index (χ0v) is 9.85. The van der Waals surface area contributed by atoms with Gasteiger partial charge in [0.15, 0.2) is 0 Å². The fourth-order valence-corrected chi connectivity index (χ4v) is 2.11. The van der Waals surface area contributed by atoms with E-state index in [4.69, 9.17) is 0 Å². The van der Waals surface area contributed by atoms with Gasteiger partial charge < -0.3 is 0 Å². The zero-order valence-electron chi connectivity index (χ0n) is 7.70. The van der Waals surface area contributed by atoms with E-state index in [1.54, 1.807) is 7.35 Å². The minimum Gasteiger partial charge on any atom is -0.265 e. The van der Waals surface area contributed by atoms with Gasteiger partial charge in [0.2, 0.25) is 0 Å². The fourth-order valence-electron chi connectivity index (χ4n) is 1.48. The number of fused-ring (bicyclic) bond motifs is 1. The number of para-hydroxylation sites is 2. The molecule has 1 aromatic carbocycles. The predicted octanol–water partition coefficient (Wildman–Crippen LogP) is 2.49. The van der Waals surface area contributed by atoms with Gasteiger partial charge in [-0.15, -0.1) is 0 Å². The molecule has 2 rings (SSSR count). The molecule has 0 bridgehead atoms. The van der Waals surface area contributed by atoms with Gasteiger partial charge in [0.05, 0.1) is 33.9 Å². The third kappa shape index (κ3) is 1.21. The molecule has 0 spiro atoms. The summed E-state index contributed by atoms with van der Waals surface area (Å²) in [4.78, 5) is 11.8. The Balaban J connectivity index is 3.03. The number of halogens is 1. The SMILES string of the molecule is C=C(C)n1c(=O)n(I)c2ccccc21. The van der Waals surface area contributed by atoms with Crippen molar-refractivity contribution in [2.75, 3.05) is 0 Å². The van der Waals surface area contributed by atoms with Crippen LogP contribution in [0.4, 0.5) is 0 Å². The molecule has 0 fully saturated rings. The van der Waals surface area contributed by atoms with Gasteiger partial charge in [-0.05, 0) is 19.1 Å². The maximum absolute atomic E-state index is 11.8. The van der Waals surface area contributed by atoms with Crippen molar-refractivity contribution in [3.8, 4) is 0 Å². The van der Waals surface area contributed by atoms with Gasteiger partial charge in [-0.1, -0.05) is 18.7 Å². The second-order valence-corrected chi connectivity index (χ2v) is 4.09. The maximum atomic E-state index is 11.8. The number of allylic oxidation sites excluding steroid dienone is 1. The molecule has 0 radical (unpaired) electrons. The van der Waals surface area contributed by atoms with Crippen LogP contribution in [0.3, 0.4) is 0 Å². The van der Waals surface area contributed by atoms with Gasteiger partial charge >= 0.3 is 5.69 Å². The Bertz CT molecular complexity index is 565. The number of aromatic nitrogens is 2. The Labute approximate surface area is 95.1 Å². The van der Waals surface area contributed by atoms with E-state index in [-0.39, 0.29) is 5.69 Å². The molecule has 0 N–H and O–H groups in total. The van der Waals surface area contributed by atoms with E-state index in [0.717, 1.165) is 16.7 Å². The largest absolute Gasteiger partial charge is 0.342 e. The second kappa shape index (κ2) is 3.27. The average molecular weight is 300 g/mol. The lowest BCUT2D eigenvalue weighted by atomic mass is 10.3. The van der Waals surface area contributed by atoms with Crippen LogP contribution < -0.4 is 5.69 Å². The maximum Gasteiger partial charge on any atom is 0.342 e. The predicted molar refractivity (Wildman–Crippen MR) is 66.6 cm³/mol. The third-order valence-electron chi connectivity index (χ3n) is 2.08. The Hall–Kier alpha value is -1.04. The first kappa shape index (κ1) is 9.51. The molecule has 0 aliphatic carbocycles. The molecule has 72 valence electrons. The highest BCUT2D eigenvalue weighted by molar-refractivity contribution is 14.1. The highest BCUT2D eigenvalue weighted by Crippen LogP contribution is 2.16. The molecular formula is C10H9IN2O. The molecule has 0 amide bonds. The molecule has 1 aromatic heterocycles. The van der Waals surface area contributed by atoms with E-state index in [1.807, 2.05) is 54.1 Å². The Morgan fingerprint density at radius 3 is 2.50 bits per heavy atom. The van der Waals surface area contributed by atoms with E-state index in [2.05, 4.69) is 6.58 Å². The van der Waals surface area contributed by atoms with Crippen molar-refractivity contribution in [3.63, 3.8) is 0 Å². The molecule has 4 heteroatoms. The molecular weight excluding hydrogens is 291 g/mol. The van der Waals surface area contributed by atoms with Crippen molar-refractivity contribution in [1.29, 1.82) is 0 Å². The topological polar surface area (TPSA) is 26.9 Å². The van der Waals surface area contributed by atoms with Crippen LogP contribution in [0, 0.1) is 0 Å². The molecule has 0 unspecified atom stereocenters. The zero-order chi connectivity index (χ0) is 10.3. The van der Waals surface area contributed by atoms with E-state index < -0.39 is 0 Å². The van der Waals surface area contributed by atoms with E-state index in [0.29, 0.717) is 0 Å². The Morgan fingerprint density at radius 2 is 1.93 bits per heavy atom. The van der Waals surface area contributed by atoms with Crippen molar-refractivity contribution >= 4 is 39.6 Å². The molecule has 0 saturated carbocycles. The van der Waals surface area contributed by atoms with Crippen molar-refractivity contribution < 1.29 is 0 Å². The van der Waals surface area contributed by atoms with Crippen LogP contribution in [0.2, 0.25) is 0 Å². The normalized spacial score (nSPS) is 10.7. The van der Waals surface area contributed by atoms with Gasteiger partial charge in [0.1, 0.15) is 0 Å². The Kier molecular flexibility index (Phi) is 2.22. The van der Waals surface area contributed by atoms with Gasteiger partial charge in [-0.2, -0.15) is 0 Å². The summed E-state index contributed by atoms with van der Waals surface area (Å²) in [6.45, 7) is 5.62. The summed E-state index contributed by atoms with van der Waals surface area (Å²) in [5.41, 5.74) is 2.50. The highest BCUT2D eigenvalue weighted by Gasteiger charge is 2.10. The molecule has 1 heterocycles. The van der Waals surface area contributed by atoms with Crippen molar-refractivity contribution in [1.82, 2.24) is 7.35 Å². The van der Waals surface area contributed by atoms with Crippen LogP contribution in [0.1, 0.15) is 6.92 Å². The summed E-state index contributed by atoms with van der Waals surface area (Å²) < 4.78 is 3.21. The van der Waals surface area contributed by atoms with Crippen LogP contribution in [0.15, 0.2) is 35.6 Å². The summed E-state index contributed by atoms with van der Waals surface area (Å²) in [5, 5.41) is 0. The summed E-state index contributed by atoms with van der Waals surface area (Å²) in [6.07, 6.45) is 0. The molecule has 2 aromatic rings. The highest BCUT2D eigenvalue weighted by atomic mass is 127. The van der Waals surface area contributed by atoms with Crippen molar-refractivity contribution in [3.05, 3.63) is 41.3 Å². The molecule has 3 nitrogen and oxygen atoms in total. The summed E-state index contributed by atoms with van der Waals surface area (Å²) in [6, 6.07) is 7.67. The second-order valence-electron chi connectivity index (χ2n) is 3.12. The lowest BCUT2D eigenvalue weighted by Crippen LogP contribution is -2.17. The number of benzene rings is 1. The number of hydrogen-bond acceptors (Lipinski definition) is 1. The summed E-state index contributed by atoms with van der Waals surface area (Å²) in [5.74, 6) is 0. The Morgan fingerprint density at radius 1 is 1.36 bits per heavy atom. The molecule has 0 atom stereocenters. The van der Waals surface area contributed by atoms with Gasteiger partial charge in [0, 0.05) is 5.70 Å². The lowest BCUT2D eigenvalue weighted by molar-refractivity contribution is 1.02. The van der Waals surface area contributed by atoms with Gasteiger partial charge in [-0.3, -0.25) is 4.57 Å². The lowest BCUT2D eigenvalue weighted by Gasteiger charge is -1.98. The van der Waals surface area contributed by atoms with Crippen LogP contribution in [0.5, 0.6) is 0 Å². The molecule has 0 saturated heterocycles. The molecule has 0 aliphatic rings. The minimum absolute atomic E-state index is 0.0562. The fraction of sp³-hybridized carbons (Fsp3) is 0.100. The number of nitrogens with zero attached hydrogens (tertiary/aromatic N) is 2. The van der Waals surface area contributed by atoms with Gasteiger partial charge in [0.25, 0.3) is 0 Å². The van der Waals surface area contributed by atoms with E-state index in [1.165, 1.54) is 0 Å². The van der Waals surface area contributed by atoms with E-state index in [9.17, 15) is 4.79 Å². The van der Waals surface area contributed by atoms with Crippen molar-refractivity contribution in [2.45, 2.75) is 6.92 Å². The monoisotopic (exact) mass is 300 g/mol. The molecule has 14 heavy (non-hydrogen) atoms. The summed E-state index contributed by atoms with van der Waals surface area (Å²) >= 11 is 2.00. The van der Waals surface area contributed by atoms with E-state index >= 15 is 0 Å². The number of imidazole rings is 1. The average Bonchev–Trinajstić information content (AvgIpc) is 2.41.